The second-order valence-electron chi connectivity index (χ2n) is 7.28. The predicted molar refractivity (Wildman–Crippen MR) is 117 cm³/mol. The lowest BCUT2D eigenvalue weighted by molar-refractivity contribution is 0.102. The molecular weight excluding hydrogens is 384 g/mol. The first kappa shape index (κ1) is 20.6. The number of carbonyl (C=O) groups excluding carboxylic acids is 1. The lowest BCUT2D eigenvalue weighted by Crippen LogP contribution is -2.17. The zero-order valence-electron chi connectivity index (χ0n) is 16.9. The molecule has 0 fully saturated rings. The van der Waals surface area contributed by atoms with Crippen LogP contribution in [0.25, 0.3) is 0 Å². The van der Waals surface area contributed by atoms with E-state index >= 15 is 0 Å². The van der Waals surface area contributed by atoms with Crippen molar-refractivity contribution in [2.24, 2.45) is 0 Å². The normalized spacial score (nSPS) is 11.2. The minimum atomic E-state index is -3.83. The van der Waals surface area contributed by atoms with E-state index in [1.165, 1.54) is 6.07 Å². The molecule has 0 aliphatic heterocycles. The van der Waals surface area contributed by atoms with Crippen LogP contribution in [0.4, 0.5) is 11.4 Å². The number of amides is 1. The van der Waals surface area contributed by atoms with Crippen LogP contribution in [0.1, 0.15) is 32.6 Å². The molecule has 0 radical (unpaired) electrons. The minimum Gasteiger partial charge on any atom is -0.322 e. The van der Waals surface area contributed by atoms with E-state index in [1.54, 1.807) is 31.2 Å². The number of aryl methyl sites for hydroxylation is 4. The standard InChI is InChI=1S/C23H24N2O3S/c1-15-5-9-20(10-6-15)25-29(27,28)22-14-19(8-7-18(22)4)23(26)24-21-12-16(2)11-17(3)13-21/h5-14,25H,1-4H3,(H,24,26). The van der Waals surface area contributed by atoms with E-state index in [4.69, 9.17) is 0 Å². The molecule has 0 aromatic heterocycles. The minimum absolute atomic E-state index is 0.0751. The van der Waals surface area contributed by atoms with Gasteiger partial charge in [-0.1, -0.05) is 29.8 Å². The number of sulfonamides is 1. The summed E-state index contributed by atoms with van der Waals surface area (Å²) in [4.78, 5) is 12.8. The van der Waals surface area contributed by atoms with Gasteiger partial charge in [0.05, 0.1) is 4.90 Å². The maximum absolute atomic E-state index is 12.9. The molecule has 0 spiro atoms. The van der Waals surface area contributed by atoms with Gasteiger partial charge in [0.2, 0.25) is 0 Å². The summed E-state index contributed by atoms with van der Waals surface area (Å²) >= 11 is 0. The molecule has 6 heteroatoms. The van der Waals surface area contributed by atoms with Crippen LogP contribution in [0.5, 0.6) is 0 Å². The lowest BCUT2D eigenvalue weighted by atomic mass is 10.1. The summed E-state index contributed by atoms with van der Waals surface area (Å²) in [6, 6.07) is 17.5. The van der Waals surface area contributed by atoms with Gasteiger partial charge in [-0.2, -0.15) is 0 Å². The highest BCUT2D eigenvalue weighted by atomic mass is 32.2. The predicted octanol–water partition coefficient (Wildman–Crippen LogP) is 4.97. The highest BCUT2D eigenvalue weighted by Crippen LogP contribution is 2.22. The summed E-state index contributed by atoms with van der Waals surface area (Å²) in [5.74, 6) is -0.359. The summed E-state index contributed by atoms with van der Waals surface area (Å²) in [5.41, 5.74) is 5.10. The van der Waals surface area contributed by atoms with Crippen molar-refractivity contribution in [3.63, 3.8) is 0 Å². The molecule has 150 valence electrons. The summed E-state index contributed by atoms with van der Waals surface area (Å²) in [5, 5.41) is 2.84. The summed E-state index contributed by atoms with van der Waals surface area (Å²) in [7, 11) is -3.83. The summed E-state index contributed by atoms with van der Waals surface area (Å²) < 4.78 is 28.3. The number of hydrogen-bond donors (Lipinski definition) is 2. The van der Waals surface area contributed by atoms with Crippen LogP contribution in [-0.2, 0) is 10.0 Å². The average molecular weight is 409 g/mol. The maximum atomic E-state index is 12.9. The van der Waals surface area contributed by atoms with Gasteiger partial charge < -0.3 is 5.32 Å². The summed E-state index contributed by atoms with van der Waals surface area (Å²) in [6.07, 6.45) is 0. The van der Waals surface area contributed by atoms with Crippen molar-refractivity contribution in [2.45, 2.75) is 32.6 Å². The van der Waals surface area contributed by atoms with Crippen LogP contribution in [0, 0.1) is 27.7 Å². The molecule has 1 amide bonds. The van der Waals surface area contributed by atoms with Gasteiger partial charge in [0, 0.05) is 16.9 Å². The molecule has 3 rings (SSSR count). The summed E-state index contributed by atoms with van der Waals surface area (Å²) in [6.45, 7) is 7.54. The first-order valence-electron chi connectivity index (χ1n) is 9.24. The van der Waals surface area contributed by atoms with E-state index in [0.29, 0.717) is 16.9 Å². The van der Waals surface area contributed by atoms with Crippen molar-refractivity contribution in [3.05, 3.63) is 88.5 Å². The zero-order chi connectivity index (χ0) is 21.2. The first-order valence-corrected chi connectivity index (χ1v) is 10.7. The second-order valence-corrected chi connectivity index (χ2v) is 8.93. The van der Waals surface area contributed by atoms with Crippen LogP contribution in [0.2, 0.25) is 0 Å². The van der Waals surface area contributed by atoms with Crippen LogP contribution in [-0.4, -0.2) is 14.3 Å². The number of anilines is 2. The quantitative estimate of drug-likeness (QED) is 0.626. The number of hydrogen-bond acceptors (Lipinski definition) is 3. The molecule has 2 N–H and O–H groups in total. The molecule has 29 heavy (non-hydrogen) atoms. The largest absolute Gasteiger partial charge is 0.322 e. The molecule has 3 aromatic rings. The Morgan fingerprint density at radius 2 is 1.34 bits per heavy atom. The molecule has 0 unspecified atom stereocenters. The molecule has 0 aliphatic rings. The molecule has 0 aliphatic carbocycles. The van der Waals surface area contributed by atoms with E-state index < -0.39 is 10.0 Å². The van der Waals surface area contributed by atoms with Crippen molar-refractivity contribution in [2.75, 3.05) is 10.0 Å². The topological polar surface area (TPSA) is 75.3 Å². The van der Waals surface area contributed by atoms with E-state index in [9.17, 15) is 13.2 Å². The van der Waals surface area contributed by atoms with Crippen molar-refractivity contribution < 1.29 is 13.2 Å². The van der Waals surface area contributed by atoms with Gasteiger partial charge in [0.15, 0.2) is 0 Å². The Morgan fingerprint density at radius 3 is 1.97 bits per heavy atom. The monoisotopic (exact) mass is 408 g/mol. The van der Waals surface area contributed by atoms with Crippen LogP contribution in [0.3, 0.4) is 0 Å². The Hall–Kier alpha value is -3.12. The van der Waals surface area contributed by atoms with Gasteiger partial charge in [0.25, 0.3) is 15.9 Å². The fourth-order valence-corrected chi connectivity index (χ4v) is 4.44. The fourth-order valence-electron chi connectivity index (χ4n) is 3.11. The molecule has 0 saturated carbocycles. The maximum Gasteiger partial charge on any atom is 0.262 e. The third kappa shape index (κ3) is 5.03. The Balaban J connectivity index is 1.88. The first-order chi connectivity index (χ1) is 13.6. The van der Waals surface area contributed by atoms with Gasteiger partial charge >= 0.3 is 0 Å². The van der Waals surface area contributed by atoms with Gasteiger partial charge in [-0.25, -0.2) is 8.42 Å². The van der Waals surface area contributed by atoms with Gasteiger partial charge in [0.1, 0.15) is 0 Å². The Labute approximate surface area is 171 Å². The Kier molecular flexibility index (Phi) is 5.75. The number of benzene rings is 3. The Bertz CT molecular complexity index is 1150. The molecule has 5 nitrogen and oxygen atoms in total. The molecule has 0 bridgehead atoms. The highest BCUT2D eigenvalue weighted by Gasteiger charge is 2.19. The fraction of sp³-hybridized carbons (Fsp3) is 0.174. The smallest absolute Gasteiger partial charge is 0.262 e. The molecule has 0 atom stereocenters. The van der Waals surface area contributed by atoms with Crippen LogP contribution < -0.4 is 10.0 Å². The van der Waals surface area contributed by atoms with Gasteiger partial charge in [-0.05, 0) is 80.8 Å². The van der Waals surface area contributed by atoms with Crippen molar-refractivity contribution in [1.82, 2.24) is 0 Å². The Morgan fingerprint density at radius 1 is 0.724 bits per heavy atom. The third-order valence-corrected chi connectivity index (χ3v) is 6.05. The molecule has 3 aromatic carbocycles. The van der Waals surface area contributed by atoms with Gasteiger partial charge in [-0.3, -0.25) is 9.52 Å². The van der Waals surface area contributed by atoms with E-state index in [0.717, 1.165) is 16.7 Å². The van der Waals surface area contributed by atoms with Crippen LogP contribution >= 0.6 is 0 Å². The number of nitrogens with one attached hydrogen (secondary N) is 2. The van der Waals surface area contributed by atoms with E-state index in [1.807, 2.05) is 51.1 Å². The number of carbonyl (C=O) groups is 1. The van der Waals surface area contributed by atoms with E-state index in [-0.39, 0.29) is 16.4 Å². The highest BCUT2D eigenvalue weighted by molar-refractivity contribution is 7.92. The van der Waals surface area contributed by atoms with Gasteiger partial charge in [-0.15, -0.1) is 0 Å². The third-order valence-electron chi connectivity index (χ3n) is 4.52. The van der Waals surface area contributed by atoms with Crippen molar-refractivity contribution in [3.8, 4) is 0 Å². The van der Waals surface area contributed by atoms with Crippen molar-refractivity contribution in [1.29, 1.82) is 0 Å². The zero-order valence-corrected chi connectivity index (χ0v) is 17.7. The number of rotatable bonds is 5. The second kappa shape index (κ2) is 8.09. The molecule has 0 saturated heterocycles. The SMILES string of the molecule is Cc1ccc(NS(=O)(=O)c2cc(C(=O)Nc3cc(C)cc(C)c3)ccc2C)cc1. The van der Waals surface area contributed by atoms with Crippen LogP contribution in [0.15, 0.2) is 65.6 Å². The molecule has 0 heterocycles. The van der Waals surface area contributed by atoms with E-state index in [2.05, 4.69) is 10.0 Å². The lowest BCUT2D eigenvalue weighted by Gasteiger charge is -2.13. The van der Waals surface area contributed by atoms with Crippen molar-refractivity contribution >= 4 is 27.3 Å². The molecular formula is C23H24N2O3S. The average Bonchev–Trinajstić information content (AvgIpc) is 2.62.